The van der Waals surface area contributed by atoms with E-state index in [1.165, 1.54) is 0 Å². The number of carbonyl (C=O) groups is 1. The molecule has 1 heterocycles. The van der Waals surface area contributed by atoms with Crippen LogP contribution in [0.2, 0.25) is 0 Å². The highest BCUT2D eigenvalue weighted by molar-refractivity contribution is 5.98. The summed E-state index contributed by atoms with van der Waals surface area (Å²) < 4.78 is 0. The zero-order chi connectivity index (χ0) is 12.3. The van der Waals surface area contributed by atoms with Crippen molar-refractivity contribution in [1.82, 2.24) is 9.88 Å². The SMILES string of the molecule is Cc1cc(C(=O)CN(C)CC(C)C)c(C)[nH]1. The van der Waals surface area contributed by atoms with Crippen LogP contribution in [0.25, 0.3) is 0 Å². The maximum atomic E-state index is 12.0. The van der Waals surface area contributed by atoms with Gasteiger partial charge in [0.25, 0.3) is 0 Å². The first-order chi connectivity index (χ1) is 7.40. The third kappa shape index (κ3) is 3.49. The van der Waals surface area contributed by atoms with Crippen LogP contribution in [0, 0.1) is 19.8 Å². The van der Waals surface area contributed by atoms with Crippen LogP contribution in [-0.4, -0.2) is 35.8 Å². The number of nitrogens with one attached hydrogen (secondary N) is 1. The summed E-state index contributed by atoms with van der Waals surface area (Å²) in [7, 11) is 1.99. The summed E-state index contributed by atoms with van der Waals surface area (Å²) in [4.78, 5) is 17.3. The van der Waals surface area contributed by atoms with Crippen molar-refractivity contribution in [2.45, 2.75) is 27.7 Å². The second kappa shape index (κ2) is 5.30. The van der Waals surface area contributed by atoms with E-state index in [1.807, 2.05) is 27.0 Å². The lowest BCUT2D eigenvalue weighted by molar-refractivity contribution is 0.0940. The Morgan fingerprint density at radius 1 is 1.44 bits per heavy atom. The van der Waals surface area contributed by atoms with Gasteiger partial charge in [-0.25, -0.2) is 0 Å². The molecule has 0 aromatic carbocycles. The first kappa shape index (κ1) is 13.0. The van der Waals surface area contributed by atoms with Gasteiger partial charge >= 0.3 is 0 Å². The van der Waals surface area contributed by atoms with Crippen molar-refractivity contribution in [3.63, 3.8) is 0 Å². The van der Waals surface area contributed by atoms with Gasteiger partial charge in [-0.3, -0.25) is 9.69 Å². The van der Waals surface area contributed by atoms with Crippen LogP contribution in [-0.2, 0) is 0 Å². The van der Waals surface area contributed by atoms with Gasteiger partial charge in [0, 0.05) is 23.5 Å². The van der Waals surface area contributed by atoms with Crippen LogP contribution in [0.4, 0.5) is 0 Å². The van der Waals surface area contributed by atoms with E-state index >= 15 is 0 Å². The Morgan fingerprint density at radius 2 is 2.06 bits per heavy atom. The Hall–Kier alpha value is -1.09. The molecule has 3 nitrogen and oxygen atoms in total. The molecule has 0 aliphatic rings. The van der Waals surface area contributed by atoms with Gasteiger partial charge in [0.15, 0.2) is 5.78 Å². The van der Waals surface area contributed by atoms with E-state index in [0.717, 1.165) is 23.5 Å². The molecule has 0 fully saturated rings. The van der Waals surface area contributed by atoms with Crippen molar-refractivity contribution in [1.29, 1.82) is 0 Å². The van der Waals surface area contributed by atoms with E-state index in [4.69, 9.17) is 0 Å². The van der Waals surface area contributed by atoms with Crippen LogP contribution in [0.1, 0.15) is 35.6 Å². The maximum Gasteiger partial charge on any atom is 0.178 e. The van der Waals surface area contributed by atoms with Crippen molar-refractivity contribution < 1.29 is 4.79 Å². The Morgan fingerprint density at radius 3 is 2.50 bits per heavy atom. The third-order valence-corrected chi connectivity index (χ3v) is 2.54. The highest BCUT2D eigenvalue weighted by Gasteiger charge is 2.14. The predicted octanol–water partition coefficient (Wildman–Crippen LogP) is 2.40. The number of hydrogen-bond acceptors (Lipinski definition) is 2. The first-order valence-corrected chi connectivity index (χ1v) is 5.78. The smallest absolute Gasteiger partial charge is 0.178 e. The van der Waals surface area contributed by atoms with Crippen LogP contribution in [0.15, 0.2) is 6.07 Å². The van der Waals surface area contributed by atoms with Crippen LogP contribution < -0.4 is 0 Å². The number of aryl methyl sites for hydroxylation is 2. The van der Waals surface area contributed by atoms with Crippen molar-refractivity contribution >= 4 is 5.78 Å². The average molecular weight is 222 g/mol. The van der Waals surface area contributed by atoms with Gasteiger partial charge in [-0.2, -0.15) is 0 Å². The number of H-pyrrole nitrogens is 1. The molecule has 0 aliphatic carbocycles. The van der Waals surface area contributed by atoms with E-state index in [-0.39, 0.29) is 5.78 Å². The fraction of sp³-hybridized carbons (Fsp3) is 0.615. The molecule has 3 heteroatoms. The number of aromatic nitrogens is 1. The third-order valence-electron chi connectivity index (χ3n) is 2.54. The molecule has 0 saturated carbocycles. The lowest BCUT2D eigenvalue weighted by Crippen LogP contribution is -2.29. The second-order valence-corrected chi connectivity index (χ2v) is 5.00. The summed E-state index contributed by atoms with van der Waals surface area (Å²) in [5, 5.41) is 0. The molecule has 0 spiro atoms. The summed E-state index contributed by atoms with van der Waals surface area (Å²) in [6.45, 7) is 9.69. The van der Waals surface area contributed by atoms with Crippen LogP contribution in [0.5, 0.6) is 0 Å². The number of ketones is 1. The van der Waals surface area contributed by atoms with Gasteiger partial charge in [-0.05, 0) is 32.9 Å². The topological polar surface area (TPSA) is 36.1 Å². The van der Waals surface area contributed by atoms with Crippen molar-refractivity contribution in [2.24, 2.45) is 5.92 Å². The van der Waals surface area contributed by atoms with E-state index in [1.54, 1.807) is 0 Å². The molecule has 0 amide bonds. The van der Waals surface area contributed by atoms with E-state index in [9.17, 15) is 4.79 Å². The number of rotatable bonds is 5. The minimum absolute atomic E-state index is 0.199. The number of Topliss-reactive ketones (excluding diaryl/α,β-unsaturated/α-hetero) is 1. The molecule has 0 aliphatic heterocycles. The lowest BCUT2D eigenvalue weighted by atomic mass is 10.1. The number of nitrogens with zero attached hydrogens (tertiary/aromatic N) is 1. The van der Waals surface area contributed by atoms with E-state index in [2.05, 4.69) is 23.7 Å². The molecule has 90 valence electrons. The molecule has 0 unspecified atom stereocenters. The number of likely N-dealkylation sites (N-methyl/N-ethyl adjacent to an activating group) is 1. The second-order valence-electron chi connectivity index (χ2n) is 5.00. The van der Waals surface area contributed by atoms with Crippen molar-refractivity contribution in [2.75, 3.05) is 20.1 Å². The summed E-state index contributed by atoms with van der Waals surface area (Å²) in [5.74, 6) is 0.789. The predicted molar refractivity (Wildman–Crippen MR) is 66.9 cm³/mol. The lowest BCUT2D eigenvalue weighted by Gasteiger charge is -2.17. The standard InChI is InChI=1S/C13H22N2O/c1-9(2)7-15(5)8-13(16)12-6-10(3)14-11(12)4/h6,9,14H,7-8H2,1-5H3. The van der Waals surface area contributed by atoms with Gasteiger partial charge in [0.2, 0.25) is 0 Å². The Bertz CT molecular complexity index is 366. The Balaban J connectivity index is 2.62. The summed E-state index contributed by atoms with van der Waals surface area (Å²) >= 11 is 0. The normalized spacial score (nSPS) is 11.4. The summed E-state index contributed by atoms with van der Waals surface area (Å²) in [5.41, 5.74) is 2.85. The van der Waals surface area contributed by atoms with Crippen LogP contribution >= 0.6 is 0 Å². The molecular weight excluding hydrogens is 200 g/mol. The van der Waals surface area contributed by atoms with Crippen molar-refractivity contribution in [3.8, 4) is 0 Å². The summed E-state index contributed by atoms with van der Waals surface area (Å²) in [6.07, 6.45) is 0. The van der Waals surface area contributed by atoms with Gasteiger partial charge in [-0.1, -0.05) is 13.8 Å². The fourth-order valence-electron chi connectivity index (χ4n) is 2.03. The van der Waals surface area contributed by atoms with Crippen molar-refractivity contribution in [3.05, 3.63) is 23.0 Å². The maximum absolute atomic E-state index is 12.0. The van der Waals surface area contributed by atoms with E-state index in [0.29, 0.717) is 12.5 Å². The van der Waals surface area contributed by atoms with E-state index < -0.39 is 0 Å². The van der Waals surface area contributed by atoms with Gasteiger partial charge in [0.05, 0.1) is 6.54 Å². The molecule has 16 heavy (non-hydrogen) atoms. The molecule has 1 aromatic rings. The summed E-state index contributed by atoms with van der Waals surface area (Å²) in [6, 6.07) is 1.93. The Kier molecular flexibility index (Phi) is 4.30. The zero-order valence-electron chi connectivity index (χ0n) is 10.9. The minimum Gasteiger partial charge on any atom is -0.362 e. The minimum atomic E-state index is 0.199. The molecule has 1 rings (SSSR count). The fourth-order valence-corrected chi connectivity index (χ4v) is 2.03. The highest BCUT2D eigenvalue weighted by Crippen LogP contribution is 2.10. The quantitative estimate of drug-likeness (QED) is 0.777. The monoisotopic (exact) mass is 222 g/mol. The molecule has 0 bridgehead atoms. The largest absolute Gasteiger partial charge is 0.362 e. The number of hydrogen-bond donors (Lipinski definition) is 1. The van der Waals surface area contributed by atoms with Gasteiger partial charge < -0.3 is 4.98 Å². The molecule has 0 atom stereocenters. The Labute approximate surface area is 97.8 Å². The molecule has 0 saturated heterocycles. The molecular formula is C13H22N2O. The average Bonchev–Trinajstić information content (AvgIpc) is 2.43. The molecule has 1 aromatic heterocycles. The molecule has 1 N–H and O–H groups in total. The zero-order valence-corrected chi connectivity index (χ0v) is 10.9. The molecule has 0 radical (unpaired) electrons. The number of aromatic amines is 1. The van der Waals surface area contributed by atoms with Gasteiger partial charge in [0.1, 0.15) is 0 Å². The van der Waals surface area contributed by atoms with Crippen LogP contribution in [0.3, 0.4) is 0 Å². The van der Waals surface area contributed by atoms with Gasteiger partial charge in [-0.15, -0.1) is 0 Å². The number of carbonyl (C=O) groups excluding carboxylic acids is 1. The first-order valence-electron chi connectivity index (χ1n) is 5.78. The highest BCUT2D eigenvalue weighted by atomic mass is 16.1.